The number of fused-ring (bicyclic) bond motifs is 1. The van der Waals surface area contributed by atoms with Crippen LogP contribution in [0.15, 0.2) is 41.3 Å². The minimum Gasteiger partial charge on any atom is -0.305 e. The molecule has 1 aromatic carbocycles. The van der Waals surface area contributed by atoms with E-state index in [1.165, 1.54) is 0 Å². The minimum atomic E-state index is -0.655. The third-order valence-electron chi connectivity index (χ3n) is 4.58. The van der Waals surface area contributed by atoms with E-state index in [4.69, 9.17) is 11.6 Å². The Morgan fingerprint density at radius 2 is 2.00 bits per heavy atom. The van der Waals surface area contributed by atoms with Crippen LogP contribution >= 0.6 is 11.6 Å². The van der Waals surface area contributed by atoms with E-state index in [-0.39, 0.29) is 22.7 Å². The van der Waals surface area contributed by atoms with Crippen LogP contribution in [0.5, 0.6) is 0 Å². The standard InChI is InChI=1S/C19H15ClF2N4O/c20-17-12(13(21)4-5-14(17)22)9-26-8-6-11-16(10-26)24-18(25-19(11)27)15-3-1-2-7-23-15/h1-5,7H,6,8-10H2,(H,24,25,27). The Kier molecular flexibility index (Phi) is 4.72. The van der Waals surface area contributed by atoms with E-state index >= 15 is 0 Å². The molecule has 8 heteroatoms. The molecular formula is C19H15ClF2N4O. The van der Waals surface area contributed by atoms with Crippen molar-refractivity contribution in [1.29, 1.82) is 0 Å². The van der Waals surface area contributed by atoms with Crippen molar-refractivity contribution in [3.8, 4) is 11.5 Å². The molecule has 5 nitrogen and oxygen atoms in total. The highest BCUT2D eigenvalue weighted by molar-refractivity contribution is 6.31. The Balaban J connectivity index is 1.64. The van der Waals surface area contributed by atoms with Gasteiger partial charge in [0, 0.05) is 37.0 Å². The monoisotopic (exact) mass is 388 g/mol. The molecule has 0 saturated heterocycles. The lowest BCUT2D eigenvalue weighted by Crippen LogP contribution is -2.35. The number of pyridine rings is 1. The van der Waals surface area contributed by atoms with E-state index in [2.05, 4.69) is 15.0 Å². The summed E-state index contributed by atoms with van der Waals surface area (Å²) >= 11 is 5.93. The largest absolute Gasteiger partial charge is 0.305 e. The first kappa shape index (κ1) is 17.8. The molecule has 0 spiro atoms. The van der Waals surface area contributed by atoms with Gasteiger partial charge in [-0.25, -0.2) is 13.8 Å². The van der Waals surface area contributed by atoms with Gasteiger partial charge in [-0.2, -0.15) is 0 Å². The molecule has 3 aromatic rings. The molecule has 0 amide bonds. The van der Waals surface area contributed by atoms with Crippen molar-refractivity contribution < 1.29 is 8.78 Å². The molecule has 0 aliphatic carbocycles. The Labute approximate surface area is 158 Å². The summed E-state index contributed by atoms with van der Waals surface area (Å²) in [6, 6.07) is 7.42. The van der Waals surface area contributed by atoms with Crippen molar-refractivity contribution in [2.75, 3.05) is 6.54 Å². The molecule has 0 unspecified atom stereocenters. The molecule has 0 fully saturated rings. The number of hydrogen-bond acceptors (Lipinski definition) is 4. The fraction of sp³-hybridized carbons (Fsp3) is 0.211. The van der Waals surface area contributed by atoms with Crippen LogP contribution in [0.3, 0.4) is 0 Å². The average molecular weight is 389 g/mol. The zero-order chi connectivity index (χ0) is 19.0. The Morgan fingerprint density at radius 1 is 1.19 bits per heavy atom. The van der Waals surface area contributed by atoms with Crippen LogP contribution in [0.25, 0.3) is 11.5 Å². The molecule has 3 heterocycles. The predicted molar refractivity (Wildman–Crippen MR) is 97.3 cm³/mol. The number of H-pyrrole nitrogens is 1. The van der Waals surface area contributed by atoms with Gasteiger partial charge in [0.15, 0.2) is 5.82 Å². The first-order chi connectivity index (χ1) is 13.0. The maximum Gasteiger partial charge on any atom is 0.254 e. The SMILES string of the molecule is O=c1[nH]c(-c2ccccn2)nc2c1CCN(Cc1c(F)ccc(F)c1Cl)C2. The Bertz CT molecular complexity index is 1060. The fourth-order valence-corrected chi connectivity index (χ4v) is 3.40. The molecule has 0 atom stereocenters. The van der Waals surface area contributed by atoms with E-state index in [0.29, 0.717) is 42.3 Å². The van der Waals surface area contributed by atoms with Gasteiger partial charge in [-0.1, -0.05) is 17.7 Å². The highest BCUT2D eigenvalue weighted by atomic mass is 35.5. The molecule has 4 rings (SSSR count). The molecule has 2 aromatic heterocycles. The van der Waals surface area contributed by atoms with Crippen LogP contribution in [0.1, 0.15) is 16.8 Å². The molecule has 1 aliphatic heterocycles. The third kappa shape index (κ3) is 3.48. The summed E-state index contributed by atoms with van der Waals surface area (Å²) in [6.07, 6.45) is 2.09. The predicted octanol–water partition coefficient (Wildman–Crippen LogP) is 3.32. The first-order valence-electron chi connectivity index (χ1n) is 8.41. The van der Waals surface area contributed by atoms with Crippen molar-refractivity contribution in [2.45, 2.75) is 19.5 Å². The maximum atomic E-state index is 14.1. The number of hydrogen-bond donors (Lipinski definition) is 1. The first-order valence-corrected chi connectivity index (χ1v) is 8.79. The van der Waals surface area contributed by atoms with Gasteiger partial charge in [0.25, 0.3) is 5.56 Å². The van der Waals surface area contributed by atoms with Crippen LogP contribution < -0.4 is 5.56 Å². The van der Waals surface area contributed by atoms with Crippen molar-refractivity contribution in [2.24, 2.45) is 0 Å². The van der Waals surface area contributed by atoms with E-state index in [9.17, 15) is 13.6 Å². The number of nitrogens with zero attached hydrogens (tertiary/aromatic N) is 3. The van der Waals surface area contributed by atoms with Crippen LogP contribution in [0.2, 0.25) is 5.02 Å². The molecule has 1 aliphatic rings. The minimum absolute atomic E-state index is 0.106. The van der Waals surface area contributed by atoms with Crippen LogP contribution in [0, 0.1) is 11.6 Å². The highest BCUT2D eigenvalue weighted by Crippen LogP contribution is 2.26. The van der Waals surface area contributed by atoms with Crippen LogP contribution in [0.4, 0.5) is 8.78 Å². The van der Waals surface area contributed by atoms with Gasteiger partial charge < -0.3 is 4.98 Å². The van der Waals surface area contributed by atoms with Gasteiger partial charge in [-0.3, -0.25) is 14.7 Å². The lowest BCUT2D eigenvalue weighted by Gasteiger charge is -2.28. The summed E-state index contributed by atoms with van der Waals surface area (Å²) in [5, 5.41) is -0.214. The van der Waals surface area contributed by atoms with Gasteiger partial charge in [0.1, 0.15) is 17.3 Å². The molecule has 1 N–H and O–H groups in total. The number of halogens is 3. The van der Waals surface area contributed by atoms with E-state index < -0.39 is 11.6 Å². The molecule has 0 radical (unpaired) electrons. The van der Waals surface area contributed by atoms with Crippen molar-refractivity contribution in [3.05, 3.63) is 80.4 Å². The van der Waals surface area contributed by atoms with Gasteiger partial charge in [-0.15, -0.1) is 0 Å². The quantitative estimate of drug-likeness (QED) is 0.699. The normalized spacial score (nSPS) is 14.2. The molecule has 27 heavy (non-hydrogen) atoms. The second kappa shape index (κ2) is 7.17. The molecule has 138 valence electrons. The van der Waals surface area contributed by atoms with Crippen LogP contribution in [-0.2, 0) is 19.5 Å². The smallest absolute Gasteiger partial charge is 0.254 e. The van der Waals surface area contributed by atoms with Crippen molar-refractivity contribution in [1.82, 2.24) is 19.9 Å². The Hall–Kier alpha value is -2.64. The highest BCUT2D eigenvalue weighted by Gasteiger charge is 2.24. The summed E-state index contributed by atoms with van der Waals surface area (Å²) in [7, 11) is 0. The van der Waals surface area contributed by atoms with Gasteiger partial charge in [0.2, 0.25) is 0 Å². The van der Waals surface area contributed by atoms with Crippen molar-refractivity contribution in [3.63, 3.8) is 0 Å². The van der Waals surface area contributed by atoms with E-state index in [0.717, 1.165) is 12.1 Å². The fourth-order valence-electron chi connectivity index (χ4n) is 3.19. The zero-order valence-electron chi connectivity index (χ0n) is 14.2. The number of aromatic amines is 1. The summed E-state index contributed by atoms with van der Waals surface area (Å²) < 4.78 is 27.7. The lowest BCUT2D eigenvalue weighted by molar-refractivity contribution is 0.237. The molecule has 0 bridgehead atoms. The second-order valence-electron chi connectivity index (χ2n) is 6.34. The Morgan fingerprint density at radius 3 is 2.78 bits per heavy atom. The van der Waals surface area contributed by atoms with E-state index in [1.54, 1.807) is 18.3 Å². The van der Waals surface area contributed by atoms with Crippen LogP contribution in [-0.4, -0.2) is 26.4 Å². The molecule has 0 saturated carbocycles. The number of aromatic nitrogens is 3. The molecular weight excluding hydrogens is 374 g/mol. The summed E-state index contributed by atoms with van der Waals surface area (Å²) in [5.41, 5.74) is 1.69. The van der Waals surface area contributed by atoms with E-state index in [1.807, 2.05) is 11.0 Å². The summed E-state index contributed by atoms with van der Waals surface area (Å²) in [6.45, 7) is 0.994. The lowest BCUT2D eigenvalue weighted by atomic mass is 10.1. The van der Waals surface area contributed by atoms with Gasteiger partial charge in [0.05, 0.1) is 10.7 Å². The van der Waals surface area contributed by atoms with Gasteiger partial charge >= 0.3 is 0 Å². The van der Waals surface area contributed by atoms with Gasteiger partial charge in [-0.05, 0) is 30.7 Å². The summed E-state index contributed by atoms with van der Waals surface area (Å²) in [5.74, 6) is -0.825. The number of benzene rings is 1. The third-order valence-corrected chi connectivity index (χ3v) is 4.99. The summed E-state index contributed by atoms with van der Waals surface area (Å²) in [4.78, 5) is 25.8. The average Bonchev–Trinajstić information content (AvgIpc) is 2.68. The topological polar surface area (TPSA) is 61.9 Å². The van der Waals surface area contributed by atoms with Crippen molar-refractivity contribution >= 4 is 11.6 Å². The number of nitrogens with one attached hydrogen (secondary N) is 1. The number of rotatable bonds is 3. The maximum absolute atomic E-state index is 14.1. The zero-order valence-corrected chi connectivity index (χ0v) is 14.9. The second-order valence-corrected chi connectivity index (χ2v) is 6.72.